The SMILES string of the molecule is O=C(Cc1ccc2ccccc2c1)N1CCC(NCC2CC2)CC1. The molecule has 2 aromatic rings. The van der Waals surface area contributed by atoms with E-state index in [1.165, 1.54) is 30.2 Å². The van der Waals surface area contributed by atoms with E-state index in [0.717, 1.165) is 37.4 Å². The van der Waals surface area contributed by atoms with E-state index in [9.17, 15) is 4.79 Å². The van der Waals surface area contributed by atoms with Crippen LogP contribution in [0, 0.1) is 5.92 Å². The molecule has 1 amide bonds. The van der Waals surface area contributed by atoms with Crippen LogP contribution in [0.1, 0.15) is 31.2 Å². The molecule has 3 nitrogen and oxygen atoms in total. The molecule has 0 bridgehead atoms. The topological polar surface area (TPSA) is 32.3 Å². The Hall–Kier alpha value is -1.87. The number of carbonyl (C=O) groups is 1. The maximum Gasteiger partial charge on any atom is 0.226 e. The highest BCUT2D eigenvalue weighted by atomic mass is 16.2. The summed E-state index contributed by atoms with van der Waals surface area (Å²) in [6.45, 7) is 2.97. The van der Waals surface area contributed by atoms with Crippen LogP contribution in [0.15, 0.2) is 42.5 Å². The van der Waals surface area contributed by atoms with Crippen molar-refractivity contribution in [2.75, 3.05) is 19.6 Å². The summed E-state index contributed by atoms with van der Waals surface area (Å²) < 4.78 is 0. The number of hydrogen-bond acceptors (Lipinski definition) is 2. The fourth-order valence-electron chi connectivity index (χ4n) is 3.62. The molecule has 1 heterocycles. The van der Waals surface area contributed by atoms with Crippen molar-refractivity contribution in [1.29, 1.82) is 0 Å². The van der Waals surface area contributed by atoms with E-state index in [-0.39, 0.29) is 5.91 Å². The van der Waals surface area contributed by atoms with Crippen LogP contribution >= 0.6 is 0 Å². The predicted molar refractivity (Wildman–Crippen MR) is 98.0 cm³/mol. The summed E-state index contributed by atoms with van der Waals surface area (Å²) in [6.07, 6.45) is 5.50. The Bertz CT molecular complexity index is 715. The van der Waals surface area contributed by atoms with Crippen LogP contribution in [0.2, 0.25) is 0 Å². The Morgan fingerprint density at radius 3 is 2.50 bits per heavy atom. The molecule has 1 saturated heterocycles. The molecule has 0 unspecified atom stereocenters. The fourth-order valence-corrected chi connectivity index (χ4v) is 3.62. The minimum Gasteiger partial charge on any atom is -0.342 e. The number of fused-ring (bicyclic) bond motifs is 1. The van der Waals surface area contributed by atoms with Crippen LogP contribution in [-0.4, -0.2) is 36.5 Å². The second kappa shape index (κ2) is 6.94. The van der Waals surface area contributed by atoms with Crippen LogP contribution in [0.3, 0.4) is 0 Å². The quantitative estimate of drug-likeness (QED) is 0.915. The van der Waals surface area contributed by atoms with E-state index in [1.807, 2.05) is 11.0 Å². The Kier molecular flexibility index (Phi) is 4.52. The third-order valence-corrected chi connectivity index (χ3v) is 5.41. The first-order chi connectivity index (χ1) is 11.8. The van der Waals surface area contributed by atoms with E-state index < -0.39 is 0 Å². The van der Waals surface area contributed by atoms with Gasteiger partial charge in [-0.1, -0.05) is 42.5 Å². The average Bonchev–Trinajstić information content (AvgIpc) is 3.45. The minimum atomic E-state index is 0.269. The molecule has 0 aromatic heterocycles. The molecule has 2 fully saturated rings. The Labute approximate surface area is 144 Å². The lowest BCUT2D eigenvalue weighted by molar-refractivity contribution is -0.131. The van der Waals surface area contributed by atoms with E-state index in [2.05, 4.69) is 41.7 Å². The number of benzene rings is 2. The molecule has 1 aliphatic carbocycles. The number of likely N-dealkylation sites (tertiary alicyclic amines) is 1. The van der Waals surface area contributed by atoms with Crippen LogP contribution in [0.5, 0.6) is 0 Å². The van der Waals surface area contributed by atoms with Gasteiger partial charge in [-0.25, -0.2) is 0 Å². The number of nitrogens with one attached hydrogen (secondary N) is 1. The largest absolute Gasteiger partial charge is 0.342 e. The molecule has 1 N–H and O–H groups in total. The summed E-state index contributed by atoms with van der Waals surface area (Å²) in [4.78, 5) is 14.6. The Balaban J connectivity index is 1.30. The third kappa shape index (κ3) is 3.78. The number of piperidine rings is 1. The van der Waals surface area contributed by atoms with Gasteiger partial charge in [-0.3, -0.25) is 4.79 Å². The Morgan fingerprint density at radius 2 is 1.75 bits per heavy atom. The van der Waals surface area contributed by atoms with Crippen molar-refractivity contribution in [2.24, 2.45) is 5.92 Å². The third-order valence-electron chi connectivity index (χ3n) is 5.41. The van der Waals surface area contributed by atoms with Gasteiger partial charge >= 0.3 is 0 Å². The molecule has 0 atom stereocenters. The van der Waals surface area contributed by atoms with Crippen molar-refractivity contribution in [3.8, 4) is 0 Å². The van der Waals surface area contributed by atoms with Crippen LogP contribution in [0.4, 0.5) is 0 Å². The number of nitrogens with zero attached hydrogens (tertiary/aromatic N) is 1. The molecule has 0 spiro atoms. The predicted octanol–water partition coefficient (Wildman–Crippen LogP) is 3.37. The van der Waals surface area contributed by atoms with Gasteiger partial charge in [0.05, 0.1) is 6.42 Å². The van der Waals surface area contributed by atoms with Gasteiger partial charge in [-0.15, -0.1) is 0 Å². The zero-order valence-corrected chi connectivity index (χ0v) is 14.2. The van der Waals surface area contributed by atoms with Gasteiger partial charge in [0.2, 0.25) is 5.91 Å². The first-order valence-corrected chi connectivity index (χ1v) is 9.27. The first kappa shape index (κ1) is 15.6. The Morgan fingerprint density at radius 1 is 1.00 bits per heavy atom. The summed E-state index contributed by atoms with van der Waals surface area (Å²) in [7, 11) is 0. The number of carbonyl (C=O) groups excluding carboxylic acids is 1. The molecule has 0 radical (unpaired) electrons. The van der Waals surface area contributed by atoms with Crippen molar-refractivity contribution >= 4 is 16.7 Å². The van der Waals surface area contributed by atoms with Gasteiger partial charge in [0.15, 0.2) is 0 Å². The lowest BCUT2D eigenvalue weighted by atomic mass is 10.0. The normalized spacial score (nSPS) is 18.9. The molecule has 2 aromatic carbocycles. The van der Waals surface area contributed by atoms with E-state index >= 15 is 0 Å². The highest BCUT2D eigenvalue weighted by molar-refractivity contribution is 5.85. The van der Waals surface area contributed by atoms with Gasteiger partial charge < -0.3 is 10.2 Å². The van der Waals surface area contributed by atoms with Gasteiger partial charge in [0.1, 0.15) is 0 Å². The van der Waals surface area contributed by atoms with Gasteiger partial charge in [0.25, 0.3) is 0 Å². The smallest absolute Gasteiger partial charge is 0.226 e. The lowest BCUT2D eigenvalue weighted by Gasteiger charge is -2.32. The summed E-state index contributed by atoms with van der Waals surface area (Å²) in [5.41, 5.74) is 1.12. The zero-order chi connectivity index (χ0) is 16.4. The summed E-state index contributed by atoms with van der Waals surface area (Å²) in [6, 6.07) is 15.3. The molecule has 3 heteroatoms. The standard InChI is InChI=1S/C21H26N2O/c24-21(14-17-7-8-18-3-1-2-4-19(18)13-17)23-11-9-20(10-12-23)22-15-16-5-6-16/h1-4,7-8,13,16,20,22H,5-6,9-12,14-15H2. The first-order valence-electron chi connectivity index (χ1n) is 9.27. The number of rotatable bonds is 5. The van der Waals surface area contributed by atoms with Crippen molar-refractivity contribution in [2.45, 2.75) is 38.1 Å². The maximum absolute atomic E-state index is 12.6. The van der Waals surface area contributed by atoms with E-state index in [0.29, 0.717) is 12.5 Å². The molecule has 1 aliphatic heterocycles. The maximum atomic E-state index is 12.6. The van der Waals surface area contributed by atoms with Gasteiger partial charge in [0, 0.05) is 19.1 Å². The summed E-state index contributed by atoms with van der Waals surface area (Å²) in [5.74, 6) is 1.20. The molecule has 2 aliphatic rings. The lowest BCUT2D eigenvalue weighted by Crippen LogP contribution is -2.45. The van der Waals surface area contributed by atoms with Crippen LogP contribution < -0.4 is 5.32 Å². The number of amides is 1. The van der Waals surface area contributed by atoms with Crippen molar-refractivity contribution in [3.63, 3.8) is 0 Å². The highest BCUT2D eigenvalue weighted by Crippen LogP contribution is 2.28. The van der Waals surface area contributed by atoms with Crippen molar-refractivity contribution in [1.82, 2.24) is 10.2 Å². The number of hydrogen-bond donors (Lipinski definition) is 1. The second-order valence-electron chi connectivity index (χ2n) is 7.36. The molecule has 24 heavy (non-hydrogen) atoms. The summed E-state index contributed by atoms with van der Waals surface area (Å²) in [5, 5.41) is 6.12. The molecular formula is C21H26N2O. The van der Waals surface area contributed by atoms with Crippen molar-refractivity contribution in [3.05, 3.63) is 48.0 Å². The monoisotopic (exact) mass is 322 g/mol. The molecule has 126 valence electrons. The molecular weight excluding hydrogens is 296 g/mol. The van der Waals surface area contributed by atoms with Crippen LogP contribution in [-0.2, 0) is 11.2 Å². The van der Waals surface area contributed by atoms with E-state index in [4.69, 9.17) is 0 Å². The summed E-state index contributed by atoms with van der Waals surface area (Å²) >= 11 is 0. The second-order valence-corrected chi connectivity index (χ2v) is 7.36. The molecule has 4 rings (SSSR count). The molecule has 1 saturated carbocycles. The fraction of sp³-hybridized carbons (Fsp3) is 0.476. The van der Waals surface area contributed by atoms with E-state index in [1.54, 1.807) is 0 Å². The highest BCUT2D eigenvalue weighted by Gasteiger charge is 2.25. The minimum absolute atomic E-state index is 0.269. The van der Waals surface area contributed by atoms with Gasteiger partial charge in [-0.05, 0) is 54.5 Å². The van der Waals surface area contributed by atoms with Crippen LogP contribution in [0.25, 0.3) is 10.8 Å². The average molecular weight is 322 g/mol. The van der Waals surface area contributed by atoms with Gasteiger partial charge in [-0.2, -0.15) is 0 Å². The van der Waals surface area contributed by atoms with Crippen molar-refractivity contribution < 1.29 is 4.79 Å². The zero-order valence-electron chi connectivity index (χ0n) is 14.2.